The van der Waals surface area contributed by atoms with E-state index >= 15 is 0 Å². The number of rotatable bonds is 13. The zero-order valence-corrected chi connectivity index (χ0v) is 24.9. The van der Waals surface area contributed by atoms with E-state index in [0.29, 0.717) is 26.2 Å². The summed E-state index contributed by atoms with van der Waals surface area (Å²) in [6, 6.07) is 18.1. The van der Waals surface area contributed by atoms with Crippen molar-refractivity contribution in [2.24, 2.45) is 0 Å². The van der Waals surface area contributed by atoms with Crippen molar-refractivity contribution in [1.82, 2.24) is 39.7 Å². The van der Waals surface area contributed by atoms with E-state index in [1.54, 1.807) is 0 Å². The molecule has 4 aromatic heterocycles. The number of aromatic nitrogens is 6. The summed E-state index contributed by atoms with van der Waals surface area (Å²) < 4.78 is 20.2. The molecule has 2 fully saturated rings. The Bertz CT molecular complexity index is 1360. The van der Waals surface area contributed by atoms with Gasteiger partial charge in [0.1, 0.15) is 12.2 Å². The maximum atomic E-state index is 6.18. The van der Waals surface area contributed by atoms with E-state index in [1.807, 2.05) is 79.7 Å². The van der Waals surface area contributed by atoms with Crippen LogP contribution in [-0.2, 0) is 46.9 Å². The highest BCUT2D eigenvalue weighted by molar-refractivity contribution is 5.07. The van der Waals surface area contributed by atoms with Crippen molar-refractivity contribution in [3.05, 3.63) is 102 Å². The molecule has 0 aliphatic carbocycles. The molecule has 0 N–H and O–H groups in total. The second-order valence-corrected chi connectivity index (χ2v) is 11.7. The van der Waals surface area contributed by atoms with Crippen LogP contribution in [0.25, 0.3) is 0 Å². The molecule has 11 nitrogen and oxygen atoms in total. The molecule has 0 aromatic carbocycles. The number of nitrogens with zero attached hydrogens (tertiary/aromatic N) is 8. The van der Waals surface area contributed by atoms with Gasteiger partial charge < -0.3 is 14.2 Å². The van der Waals surface area contributed by atoms with Crippen molar-refractivity contribution in [2.45, 2.75) is 77.1 Å². The first-order chi connectivity index (χ1) is 21.0. The summed E-state index contributed by atoms with van der Waals surface area (Å²) in [5.41, 5.74) is 3.97. The van der Waals surface area contributed by atoms with Gasteiger partial charge in [-0.15, -0.1) is 5.10 Å². The summed E-state index contributed by atoms with van der Waals surface area (Å²) in [6.45, 7) is 9.56. The van der Waals surface area contributed by atoms with Crippen molar-refractivity contribution in [1.29, 1.82) is 0 Å². The van der Waals surface area contributed by atoms with Crippen LogP contribution in [0.4, 0.5) is 0 Å². The second-order valence-electron chi connectivity index (χ2n) is 11.7. The van der Waals surface area contributed by atoms with Crippen LogP contribution in [0.5, 0.6) is 0 Å². The maximum Gasteiger partial charge on any atom is 0.163 e. The van der Waals surface area contributed by atoms with Crippen molar-refractivity contribution < 1.29 is 14.2 Å². The lowest BCUT2D eigenvalue weighted by atomic mass is 10.0. The van der Waals surface area contributed by atoms with Gasteiger partial charge in [0.2, 0.25) is 0 Å². The third kappa shape index (κ3) is 8.27. The standard InChI is InChI=1S/C32H40N8O3/c1-32(2)42-29-12-18-41-30(31(29)43-32)24-40-23-28(36-37-40)22-39(21-27-11-5-8-15-35-27)17-16-38(19-25-9-3-6-13-33-25)20-26-10-4-7-14-34-26/h3-11,13-15,23,29-31H,12,16-22,24H2,1-2H3. The molecule has 4 aromatic rings. The molecule has 226 valence electrons. The van der Waals surface area contributed by atoms with Crippen molar-refractivity contribution in [3.63, 3.8) is 0 Å². The van der Waals surface area contributed by atoms with Gasteiger partial charge >= 0.3 is 0 Å². The van der Waals surface area contributed by atoms with Crippen LogP contribution in [0.15, 0.2) is 79.4 Å². The van der Waals surface area contributed by atoms with Crippen LogP contribution in [0.3, 0.4) is 0 Å². The molecule has 43 heavy (non-hydrogen) atoms. The molecule has 3 unspecified atom stereocenters. The van der Waals surface area contributed by atoms with Gasteiger partial charge in [0.25, 0.3) is 0 Å². The Morgan fingerprint density at radius 3 is 1.86 bits per heavy atom. The molecule has 0 bridgehead atoms. The molecule has 2 saturated heterocycles. The first-order valence-corrected chi connectivity index (χ1v) is 15.0. The smallest absolute Gasteiger partial charge is 0.163 e. The molecule has 2 aliphatic rings. The van der Waals surface area contributed by atoms with Crippen molar-refractivity contribution in [3.8, 4) is 0 Å². The van der Waals surface area contributed by atoms with Gasteiger partial charge in [-0.3, -0.25) is 24.8 Å². The highest BCUT2D eigenvalue weighted by Gasteiger charge is 2.47. The summed E-state index contributed by atoms with van der Waals surface area (Å²) >= 11 is 0. The molecular formula is C32H40N8O3. The molecular weight excluding hydrogens is 544 g/mol. The average Bonchev–Trinajstić information content (AvgIpc) is 3.59. The monoisotopic (exact) mass is 584 g/mol. The molecule has 0 saturated carbocycles. The van der Waals surface area contributed by atoms with E-state index in [4.69, 9.17) is 14.2 Å². The second kappa shape index (κ2) is 13.8. The van der Waals surface area contributed by atoms with E-state index in [2.05, 4.69) is 53.3 Å². The van der Waals surface area contributed by atoms with Gasteiger partial charge in [-0.05, 0) is 56.7 Å². The Morgan fingerprint density at radius 1 is 0.767 bits per heavy atom. The number of pyridine rings is 3. The van der Waals surface area contributed by atoms with Gasteiger partial charge in [0, 0.05) is 70.7 Å². The predicted octanol–water partition coefficient (Wildman–Crippen LogP) is 3.48. The third-order valence-corrected chi connectivity index (χ3v) is 7.73. The molecule has 6 heterocycles. The van der Waals surface area contributed by atoms with Crippen LogP contribution < -0.4 is 0 Å². The Labute approximate surface area is 252 Å². The van der Waals surface area contributed by atoms with Crippen LogP contribution in [-0.4, -0.2) is 83.5 Å². The molecule has 0 spiro atoms. The molecule has 2 aliphatic heterocycles. The molecule has 3 atom stereocenters. The number of hydrogen-bond donors (Lipinski definition) is 0. The zero-order chi connectivity index (χ0) is 29.5. The Kier molecular flexibility index (Phi) is 9.45. The van der Waals surface area contributed by atoms with Gasteiger partial charge in [0.15, 0.2) is 5.79 Å². The quantitative estimate of drug-likeness (QED) is 0.232. The molecule has 11 heteroatoms. The van der Waals surface area contributed by atoms with Gasteiger partial charge in [-0.1, -0.05) is 23.4 Å². The minimum absolute atomic E-state index is 0.0470. The summed E-state index contributed by atoms with van der Waals surface area (Å²) in [6.07, 6.45) is 8.18. The highest BCUT2D eigenvalue weighted by atomic mass is 16.8. The summed E-state index contributed by atoms with van der Waals surface area (Å²) in [4.78, 5) is 18.5. The highest BCUT2D eigenvalue weighted by Crippen LogP contribution is 2.35. The SMILES string of the molecule is CC1(C)OC2CCOC(Cn3cc(CN(CCN(Cc4ccccn4)Cc4ccccn4)Cc4ccccn4)nn3)C2O1. The number of hydrogen-bond acceptors (Lipinski definition) is 10. The maximum absolute atomic E-state index is 6.18. The lowest BCUT2D eigenvalue weighted by Gasteiger charge is -2.31. The van der Waals surface area contributed by atoms with Gasteiger partial charge in [-0.2, -0.15) is 0 Å². The van der Waals surface area contributed by atoms with Crippen LogP contribution >= 0.6 is 0 Å². The van der Waals surface area contributed by atoms with Crippen LogP contribution in [0.2, 0.25) is 0 Å². The number of ether oxygens (including phenoxy) is 3. The fourth-order valence-corrected chi connectivity index (χ4v) is 5.78. The van der Waals surface area contributed by atoms with E-state index in [1.165, 1.54) is 0 Å². The lowest BCUT2D eigenvalue weighted by Crippen LogP contribution is -2.45. The molecule has 0 radical (unpaired) electrons. The minimum Gasteiger partial charge on any atom is -0.373 e. The normalized spacial score (nSPS) is 21.3. The van der Waals surface area contributed by atoms with Crippen LogP contribution in [0.1, 0.15) is 43.0 Å². The Hall–Kier alpha value is -3.61. The van der Waals surface area contributed by atoms with E-state index < -0.39 is 5.79 Å². The summed E-state index contributed by atoms with van der Waals surface area (Å²) in [5, 5.41) is 8.98. The largest absolute Gasteiger partial charge is 0.373 e. The molecule has 6 rings (SSSR count). The fourth-order valence-electron chi connectivity index (χ4n) is 5.78. The predicted molar refractivity (Wildman–Crippen MR) is 159 cm³/mol. The van der Waals surface area contributed by atoms with E-state index in [-0.39, 0.29) is 18.3 Å². The zero-order valence-electron chi connectivity index (χ0n) is 24.9. The molecule has 0 amide bonds. The Balaban J connectivity index is 1.13. The van der Waals surface area contributed by atoms with Gasteiger partial charge in [-0.25, -0.2) is 4.68 Å². The van der Waals surface area contributed by atoms with E-state index in [9.17, 15) is 0 Å². The van der Waals surface area contributed by atoms with Gasteiger partial charge in [0.05, 0.1) is 35.4 Å². The number of fused-ring (bicyclic) bond motifs is 1. The van der Waals surface area contributed by atoms with Crippen molar-refractivity contribution >= 4 is 0 Å². The average molecular weight is 585 g/mol. The summed E-state index contributed by atoms with van der Waals surface area (Å²) in [5.74, 6) is -0.595. The third-order valence-electron chi connectivity index (χ3n) is 7.73. The lowest BCUT2D eigenvalue weighted by molar-refractivity contribution is -0.155. The van der Waals surface area contributed by atoms with Crippen molar-refractivity contribution in [2.75, 3.05) is 19.7 Å². The fraction of sp³-hybridized carbons (Fsp3) is 0.469. The summed E-state index contributed by atoms with van der Waals surface area (Å²) in [7, 11) is 0. The first kappa shape index (κ1) is 29.5. The first-order valence-electron chi connectivity index (χ1n) is 15.0. The Morgan fingerprint density at radius 2 is 1.33 bits per heavy atom. The minimum atomic E-state index is -0.595. The van der Waals surface area contributed by atoms with E-state index in [0.717, 1.165) is 55.4 Å². The van der Waals surface area contributed by atoms with Crippen LogP contribution in [0, 0.1) is 0 Å². The topological polar surface area (TPSA) is 104 Å².